The number of aromatic nitrogens is 2. The number of rotatable bonds is 8. The number of fused-ring (bicyclic) bond motifs is 1. The maximum absolute atomic E-state index is 6.36. The van der Waals surface area contributed by atoms with Crippen molar-refractivity contribution >= 4 is 51.9 Å². The van der Waals surface area contributed by atoms with E-state index in [-0.39, 0.29) is 0 Å². The number of hydrogen-bond acceptors (Lipinski definition) is 6. The zero-order valence-electron chi connectivity index (χ0n) is 16.1. The highest BCUT2D eigenvalue weighted by atomic mass is 35.5. The van der Waals surface area contributed by atoms with Crippen molar-refractivity contribution in [2.45, 2.75) is 6.92 Å². The first kappa shape index (κ1) is 20.8. The van der Waals surface area contributed by atoms with Crippen LogP contribution >= 0.6 is 23.5 Å². The molecular weight excluding hydrogens is 404 g/mol. The standard InChI is InChI=1S/C22H21ClN4OS/c1-4-6-9-16(5-2)29-27-22-21(24-18-10-7-8-11-19(18)25-22)26-20-14-15(28-3)12-13-17(20)23/h4-14H,2H2,1,3H3,(H,24,26)(H,25,27)/b6-4-,16-9+. The fraction of sp³-hybridized carbons (Fsp3) is 0.0909. The number of halogens is 1. The number of ether oxygens (including phenoxy) is 1. The van der Waals surface area contributed by atoms with Crippen molar-refractivity contribution in [1.82, 2.24) is 9.97 Å². The fourth-order valence-corrected chi connectivity index (χ4v) is 3.21. The van der Waals surface area contributed by atoms with Gasteiger partial charge in [-0.25, -0.2) is 9.97 Å². The smallest absolute Gasteiger partial charge is 0.180 e. The van der Waals surface area contributed by atoms with Crippen molar-refractivity contribution in [1.29, 1.82) is 0 Å². The summed E-state index contributed by atoms with van der Waals surface area (Å²) in [5.74, 6) is 1.83. The second kappa shape index (κ2) is 10.0. The van der Waals surface area contributed by atoms with Crippen LogP contribution in [0.15, 0.2) is 78.3 Å². The van der Waals surface area contributed by atoms with Crippen molar-refractivity contribution in [2.75, 3.05) is 17.1 Å². The van der Waals surface area contributed by atoms with Gasteiger partial charge in [0.1, 0.15) is 5.75 Å². The van der Waals surface area contributed by atoms with E-state index < -0.39 is 0 Å². The van der Waals surface area contributed by atoms with Crippen LogP contribution in [-0.4, -0.2) is 17.1 Å². The Morgan fingerprint density at radius 3 is 2.52 bits per heavy atom. The molecule has 0 unspecified atom stereocenters. The van der Waals surface area contributed by atoms with Gasteiger partial charge in [0.15, 0.2) is 11.6 Å². The molecule has 5 nitrogen and oxygen atoms in total. The molecule has 0 saturated carbocycles. The Labute approximate surface area is 179 Å². The van der Waals surface area contributed by atoms with Crippen LogP contribution < -0.4 is 14.8 Å². The molecule has 1 heterocycles. The van der Waals surface area contributed by atoms with Crippen molar-refractivity contribution in [2.24, 2.45) is 0 Å². The van der Waals surface area contributed by atoms with Crippen LogP contribution in [0.1, 0.15) is 6.92 Å². The molecule has 2 aromatic carbocycles. The lowest BCUT2D eigenvalue weighted by atomic mass is 10.3. The minimum atomic E-state index is 0.555. The topological polar surface area (TPSA) is 59.1 Å². The molecule has 0 aliphatic carbocycles. The Morgan fingerprint density at radius 2 is 1.86 bits per heavy atom. The SMILES string of the molecule is C=C/C(=C\C=C/C)SNc1nc2ccccc2nc1Nc1cc(OC)ccc1Cl. The molecule has 148 valence electrons. The number of anilines is 3. The third-order valence-electron chi connectivity index (χ3n) is 3.92. The summed E-state index contributed by atoms with van der Waals surface area (Å²) < 4.78 is 8.57. The lowest BCUT2D eigenvalue weighted by Crippen LogP contribution is -2.03. The van der Waals surface area contributed by atoms with Gasteiger partial charge in [-0.1, -0.05) is 48.5 Å². The van der Waals surface area contributed by atoms with Gasteiger partial charge in [0.25, 0.3) is 0 Å². The molecule has 29 heavy (non-hydrogen) atoms. The van der Waals surface area contributed by atoms with Gasteiger partial charge < -0.3 is 14.8 Å². The molecule has 7 heteroatoms. The third kappa shape index (κ3) is 5.31. The summed E-state index contributed by atoms with van der Waals surface area (Å²) in [7, 11) is 1.61. The molecule has 0 amide bonds. The van der Waals surface area contributed by atoms with Crippen LogP contribution in [-0.2, 0) is 0 Å². The quantitative estimate of drug-likeness (QED) is 0.308. The number of para-hydroxylation sites is 2. The Morgan fingerprint density at radius 1 is 1.14 bits per heavy atom. The van der Waals surface area contributed by atoms with E-state index in [1.165, 1.54) is 11.9 Å². The molecule has 0 aliphatic rings. The molecule has 0 atom stereocenters. The first-order chi connectivity index (χ1) is 14.1. The van der Waals surface area contributed by atoms with Crippen molar-refractivity contribution in [3.63, 3.8) is 0 Å². The first-order valence-electron chi connectivity index (χ1n) is 8.90. The van der Waals surface area contributed by atoms with Crippen molar-refractivity contribution < 1.29 is 4.74 Å². The van der Waals surface area contributed by atoms with Gasteiger partial charge in [-0.05, 0) is 49.2 Å². The van der Waals surface area contributed by atoms with E-state index in [1.807, 2.05) is 55.5 Å². The van der Waals surface area contributed by atoms with Gasteiger partial charge in [-0.2, -0.15) is 0 Å². The fourth-order valence-electron chi connectivity index (χ4n) is 2.46. The second-order valence-electron chi connectivity index (χ2n) is 5.88. The Kier molecular flexibility index (Phi) is 7.16. The van der Waals surface area contributed by atoms with Crippen LogP contribution in [0.5, 0.6) is 5.75 Å². The Bertz CT molecular complexity index is 1080. The lowest BCUT2D eigenvalue weighted by Gasteiger charge is -2.14. The average Bonchev–Trinajstić information content (AvgIpc) is 2.75. The monoisotopic (exact) mass is 424 g/mol. The Hall–Kier alpha value is -2.96. The third-order valence-corrected chi connectivity index (χ3v) is 5.08. The highest BCUT2D eigenvalue weighted by molar-refractivity contribution is 8.04. The van der Waals surface area contributed by atoms with Crippen LogP contribution in [0, 0.1) is 0 Å². The van der Waals surface area contributed by atoms with E-state index in [0.717, 1.165) is 15.9 Å². The van der Waals surface area contributed by atoms with Crippen molar-refractivity contribution in [3.8, 4) is 5.75 Å². The molecule has 0 saturated heterocycles. The van der Waals surface area contributed by atoms with Gasteiger partial charge >= 0.3 is 0 Å². The minimum absolute atomic E-state index is 0.555. The van der Waals surface area contributed by atoms with E-state index >= 15 is 0 Å². The largest absolute Gasteiger partial charge is 0.497 e. The van der Waals surface area contributed by atoms with Gasteiger partial charge in [0.2, 0.25) is 0 Å². The first-order valence-corrected chi connectivity index (χ1v) is 10.1. The van der Waals surface area contributed by atoms with E-state index in [9.17, 15) is 0 Å². The highest BCUT2D eigenvalue weighted by Gasteiger charge is 2.12. The van der Waals surface area contributed by atoms with E-state index in [2.05, 4.69) is 16.6 Å². The van der Waals surface area contributed by atoms with Crippen LogP contribution in [0.25, 0.3) is 11.0 Å². The molecule has 1 aromatic heterocycles. The van der Waals surface area contributed by atoms with E-state index in [0.29, 0.717) is 28.1 Å². The van der Waals surface area contributed by atoms with Crippen LogP contribution in [0.4, 0.5) is 17.3 Å². The normalized spacial score (nSPS) is 11.6. The average molecular weight is 425 g/mol. The summed E-state index contributed by atoms with van der Waals surface area (Å²) in [5.41, 5.74) is 2.24. The summed E-state index contributed by atoms with van der Waals surface area (Å²) in [4.78, 5) is 10.4. The minimum Gasteiger partial charge on any atom is -0.497 e. The molecule has 0 radical (unpaired) electrons. The van der Waals surface area contributed by atoms with Gasteiger partial charge in [0, 0.05) is 11.0 Å². The number of methoxy groups -OCH3 is 1. The van der Waals surface area contributed by atoms with Crippen LogP contribution in [0.2, 0.25) is 5.02 Å². The highest BCUT2D eigenvalue weighted by Crippen LogP contribution is 2.33. The number of nitrogens with zero attached hydrogens (tertiary/aromatic N) is 2. The molecule has 0 aliphatic heterocycles. The molecule has 0 spiro atoms. The number of hydrogen-bond donors (Lipinski definition) is 2. The van der Waals surface area contributed by atoms with E-state index in [4.69, 9.17) is 26.3 Å². The molecule has 3 rings (SSSR count). The zero-order chi connectivity index (χ0) is 20.6. The summed E-state index contributed by atoms with van der Waals surface area (Å²) in [6.45, 7) is 5.81. The van der Waals surface area contributed by atoms with Gasteiger partial charge in [0.05, 0.1) is 28.9 Å². The number of allylic oxidation sites excluding steroid dienone is 4. The van der Waals surface area contributed by atoms with Gasteiger partial charge in [-0.3, -0.25) is 0 Å². The summed E-state index contributed by atoms with van der Waals surface area (Å²) >= 11 is 7.76. The van der Waals surface area contributed by atoms with Crippen LogP contribution in [0.3, 0.4) is 0 Å². The predicted molar refractivity (Wildman–Crippen MR) is 125 cm³/mol. The second-order valence-corrected chi connectivity index (χ2v) is 7.17. The molecule has 0 bridgehead atoms. The van der Waals surface area contributed by atoms with Crippen molar-refractivity contribution in [3.05, 3.63) is 83.3 Å². The molecule has 0 fully saturated rings. The maximum Gasteiger partial charge on any atom is 0.180 e. The predicted octanol–water partition coefficient (Wildman–Crippen LogP) is 6.74. The molecule has 3 aromatic rings. The lowest BCUT2D eigenvalue weighted by molar-refractivity contribution is 0.415. The molecule has 2 N–H and O–H groups in total. The summed E-state index contributed by atoms with van der Waals surface area (Å²) in [6, 6.07) is 13.1. The van der Waals surface area contributed by atoms with Gasteiger partial charge in [-0.15, -0.1) is 0 Å². The zero-order valence-corrected chi connectivity index (χ0v) is 17.7. The number of nitrogens with one attached hydrogen (secondary N) is 2. The number of benzene rings is 2. The summed E-state index contributed by atoms with van der Waals surface area (Å²) in [5, 5.41) is 3.83. The van der Waals surface area contributed by atoms with E-state index in [1.54, 1.807) is 25.3 Å². The Balaban J connectivity index is 1.98. The summed E-state index contributed by atoms with van der Waals surface area (Å²) in [6.07, 6.45) is 7.65. The molecular formula is C22H21ClN4OS. The maximum atomic E-state index is 6.36.